The molecule has 54 heavy (non-hydrogen) atoms. The van der Waals surface area contributed by atoms with Gasteiger partial charge >= 0.3 is 18.2 Å². The van der Waals surface area contributed by atoms with E-state index in [1.807, 2.05) is 6.92 Å². The number of hydrogen-bond acceptors (Lipinski definition) is 12. The lowest BCUT2D eigenvalue weighted by Crippen LogP contribution is -2.54. The second kappa shape index (κ2) is 17.6. The highest BCUT2D eigenvalue weighted by atomic mass is 32.2. The molecule has 0 radical (unpaired) electrons. The van der Waals surface area contributed by atoms with Gasteiger partial charge in [-0.3, -0.25) is 14.5 Å². The number of nitrogens with one attached hydrogen (secondary N) is 2. The first-order valence-corrected chi connectivity index (χ1v) is 19.4. The van der Waals surface area contributed by atoms with Crippen LogP contribution in [0.4, 0.5) is 15.4 Å². The molecular weight excluding hydrogens is 719 g/mol. The third-order valence-electron chi connectivity index (χ3n) is 7.71. The Morgan fingerprint density at radius 2 is 1.46 bits per heavy atom. The maximum Gasteiger partial charge on any atom is 0.417 e. The lowest BCUT2D eigenvalue weighted by Gasteiger charge is -2.30. The number of imide groups is 1. The van der Waals surface area contributed by atoms with Gasteiger partial charge in [0.05, 0.1) is 17.5 Å². The molecule has 1 fully saturated rings. The number of benzene rings is 1. The predicted octanol–water partition coefficient (Wildman–Crippen LogP) is 4.95. The Kier molecular flexibility index (Phi) is 14.4. The first-order chi connectivity index (χ1) is 24.7. The zero-order chi connectivity index (χ0) is 40.8. The van der Waals surface area contributed by atoms with Crippen LogP contribution in [0.1, 0.15) is 85.4 Å². The molecule has 0 spiro atoms. The van der Waals surface area contributed by atoms with Crippen molar-refractivity contribution >= 4 is 39.9 Å². The molecule has 1 saturated heterocycles. The van der Waals surface area contributed by atoms with Crippen molar-refractivity contribution in [1.29, 1.82) is 0 Å². The maximum absolute atomic E-state index is 13.8. The van der Waals surface area contributed by atoms with Crippen LogP contribution in [0.2, 0.25) is 0 Å². The molecule has 16 heteroatoms. The Hall–Kier alpha value is -4.12. The topological polar surface area (TPSA) is 183 Å². The first kappa shape index (κ1) is 44.3. The van der Waals surface area contributed by atoms with Gasteiger partial charge in [0.1, 0.15) is 35.3 Å². The molecular formula is C38H57N5O10S. The summed E-state index contributed by atoms with van der Waals surface area (Å²) in [6, 6.07) is 6.64. The Morgan fingerprint density at radius 1 is 0.889 bits per heavy atom. The highest BCUT2D eigenvalue weighted by Gasteiger charge is 2.38. The fourth-order valence-electron chi connectivity index (χ4n) is 5.78. The molecule has 2 unspecified atom stereocenters. The monoisotopic (exact) mass is 775 g/mol. The molecule has 2 N–H and O–H groups in total. The van der Waals surface area contributed by atoms with Gasteiger partial charge in [-0.15, -0.1) is 0 Å². The van der Waals surface area contributed by atoms with Crippen LogP contribution in [0.25, 0.3) is 0 Å². The number of carbonyl (C=O) groups is 4. The van der Waals surface area contributed by atoms with Crippen molar-refractivity contribution in [3.8, 4) is 0 Å². The standard InChI is InChI=1S/C38H57N5O10S/c1-24-17-25(2)32(26(3)18-24)54(48,49)41-29(33(45)51-36(4,5)6)22-43(35(47)53-38(10,11)12)31(44)23-50-28-19-27(40-20-28)21-42(30-15-13-14-16-39-30)34(46)52-37(7,8)9/h13-18,27-29,40-41H,19-23H2,1-12H3/t27?,28?,29-/m1/s1. The van der Waals surface area contributed by atoms with E-state index in [0.29, 0.717) is 34.8 Å². The Labute approximate surface area is 319 Å². The van der Waals surface area contributed by atoms with Crippen molar-refractivity contribution in [1.82, 2.24) is 19.9 Å². The molecule has 1 aliphatic heterocycles. The van der Waals surface area contributed by atoms with E-state index in [1.165, 1.54) is 4.90 Å². The van der Waals surface area contributed by atoms with Gasteiger partial charge in [-0.2, -0.15) is 4.72 Å². The normalized spacial score (nSPS) is 17.0. The van der Waals surface area contributed by atoms with Crippen LogP contribution in [-0.4, -0.2) is 104 Å². The lowest BCUT2D eigenvalue weighted by atomic mass is 10.1. The number of esters is 1. The van der Waals surface area contributed by atoms with E-state index in [9.17, 15) is 27.6 Å². The smallest absolute Gasteiger partial charge is 0.417 e. The van der Waals surface area contributed by atoms with Crippen molar-refractivity contribution in [3.05, 3.63) is 53.2 Å². The van der Waals surface area contributed by atoms with Crippen LogP contribution in [-0.2, 0) is 38.6 Å². The quantitative estimate of drug-likeness (QED) is 0.219. The number of hydrogen-bond donors (Lipinski definition) is 2. The van der Waals surface area contributed by atoms with E-state index >= 15 is 0 Å². The highest BCUT2D eigenvalue weighted by molar-refractivity contribution is 7.89. The van der Waals surface area contributed by atoms with Crippen molar-refractivity contribution in [2.75, 3.05) is 31.1 Å². The molecule has 0 saturated carbocycles. The molecule has 2 heterocycles. The first-order valence-electron chi connectivity index (χ1n) is 17.9. The van der Waals surface area contributed by atoms with Crippen molar-refractivity contribution < 1.29 is 46.5 Å². The molecule has 1 aliphatic rings. The van der Waals surface area contributed by atoms with Crippen molar-refractivity contribution in [2.45, 2.75) is 129 Å². The van der Waals surface area contributed by atoms with Gasteiger partial charge in [0.15, 0.2) is 0 Å². The minimum absolute atomic E-state index is 0.0308. The molecule has 3 atom stereocenters. The number of aromatic nitrogens is 1. The summed E-state index contributed by atoms with van der Waals surface area (Å²) in [5.74, 6) is -1.46. The number of rotatable bonds is 12. The Balaban J connectivity index is 1.83. The number of aryl methyl sites for hydroxylation is 3. The van der Waals surface area contributed by atoms with Gasteiger partial charge in [-0.05, 0) is 113 Å². The summed E-state index contributed by atoms with van der Waals surface area (Å²) in [4.78, 5) is 60.4. The van der Waals surface area contributed by atoms with Gasteiger partial charge in [0.2, 0.25) is 10.0 Å². The summed E-state index contributed by atoms with van der Waals surface area (Å²) >= 11 is 0. The molecule has 1 aromatic heterocycles. The summed E-state index contributed by atoms with van der Waals surface area (Å²) in [5, 5.41) is 3.30. The van der Waals surface area contributed by atoms with Crippen molar-refractivity contribution in [3.63, 3.8) is 0 Å². The summed E-state index contributed by atoms with van der Waals surface area (Å²) < 4.78 is 52.7. The van der Waals surface area contributed by atoms with Gasteiger partial charge in [-0.25, -0.2) is 27.9 Å². The maximum atomic E-state index is 13.8. The van der Waals surface area contributed by atoms with E-state index in [1.54, 1.807) is 113 Å². The van der Waals surface area contributed by atoms with Crippen LogP contribution in [0.3, 0.4) is 0 Å². The number of ether oxygens (including phenoxy) is 4. The van der Waals surface area contributed by atoms with Gasteiger partial charge in [-0.1, -0.05) is 23.8 Å². The molecule has 15 nitrogen and oxygen atoms in total. The van der Waals surface area contributed by atoms with Gasteiger partial charge in [0.25, 0.3) is 5.91 Å². The van der Waals surface area contributed by atoms with E-state index in [4.69, 9.17) is 18.9 Å². The highest BCUT2D eigenvalue weighted by Crippen LogP contribution is 2.24. The number of sulfonamides is 1. The van der Waals surface area contributed by atoms with E-state index in [-0.39, 0.29) is 17.5 Å². The number of pyridine rings is 1. The summed E-state index contributed by atoms with van der Waals surface area (Å²) in [6.45, 7) is 19.3. The van der Waals surface area contributed by atoms with Crippen LogP contribution in [0, 0.1) is 20.8 Å². The van der Waals surface area contributed by atoms with Gasteiger partial charge in [0, 0.05) is 25.3 Å². The van der Waals surface area contributed by atoms with Crippen molar-refractivity contribution in [2.24, 2.45) is 0 Å². The molecule has 3 amide bonds. The zero-order valence-corrected chi connectivity index (χ0v) is 34.4. The summed E-state index contributed by atoms with van der Waals surface area (Å²) in [7, 11) is -4.37. The Bertz CT molecular complexity index is 1740. The molecule has 300 valence electrons. The fraction of sp³-hybridized carbons (Fsp3) is 0.605. The summed E-state index contributed by atoms with van der Waals surface area (Å²) in [6.07, 6.45) is -0.209. The van der Waals surface area contributed by atoms with Gasteiger partial charge < -0.3 is 24.3 Å². The average molecular weight is 776 g/mol. The molecule has 2 aromatic rings. The average Bonchev–Trinajstić information content (AvgIpc) is 3.45. The number of carbonyl (C=O) groups excluding carboxylic acids is 4. The number of anilines is 1. The fourth-order valence-corrected chi connectivity index (χ4v) is 7.40. The van der Waals surface area contributed by atoms with E-state index < -0.39 is 76.2 Å². The van der Waals surface area contributed by atoms with Crippen LogP contribution in [0.15, 0.2) is 41.4 Å². The van der Waals surface area contributed by atoms with E-state index in [2.05, 4.69) is 15.0 Å². The Morgan fingerprint density at radius 3 is 2.00 bits per heavy atom. The lowest BCUT2D eigenvalue weighted by molar-refractivity contribution is -0.157. The minimum atomic E-state index is -4.37. The van der Waals surface area contributed by atoms with Crippen LogP contribution in [0.5, 0.6) is 0 Å². The minimum Gasteiger partial charge on any atom is -0.459 e. The number of nitrogens with zero attached hydrogens (tertiary/aromatic N) is 3. The third-order valence-corrected chi connectivity index (χ3v) is 9.49. The van der Waals surface area contributed by atoms with Crippen LogP contribution < -0.4 is 14.9 Å². The molecule has 1 aromatic carbocycles. The van der Waals surface area contributed by atoms with E-state index in [0.717, 1.165) is 5.56 Å². The summed E-state index contributed by atoms with van der Waals surface area (Å²) in [5.41, 5.74) is -1.04. The predicted molar refractivity (Wildman–Crippen MR) is 203 cm³/mol. The SMILES string of the molecule is Cc1cc(C)c(S(=O)(=O)N[C@H](CN(C(=O)COC2CNC(CN(C(=O)OC(C)(C)C)c3ccccn3)C2)C(=O)OC(C)(C)C)C(=O)OC(C)(C)C)c(C)c1. The molecule has 3 rings (SSSR count). The molecule has 0 aliphatic carbocycles. The largest absolute Gasteiger partial charge is 0.459 e. The number of amides is 3. The second-order valence-electron chi connectivity index (χ2n) is 16.5. The van der Waals surface area contributed by atoms with Crippen LogP contribution >= 0.6 is 0 Å². The molecule has 0 bridgehead atoms. The second-order valence-corrected chi connectivity index (χ2v) is 18.1. The third kappa shape index (κ3) is 13.6. The zero-order valence-electron chi connectivity index (χ0n) is 33.6.